The van der Waals surface area contributed by atoms with Crippen LogP contribution in [0.4, 0.5) is 0 Å². The molecule has 0 spiro atoms. The smallest absolute Gasteiger partial charge is 0.0480 e. The van der Waals surface area contributed by atoms with Crippen molar-refractivity contribution in [3.8, 4) is 0 Å². The van der Waals surface area contributed by atoms with E-state index in [0.29, 0.717) is 6.04 Å². The van der Waals surface area contributed by atoms with E-state index in [-0.39, 0.29) is 0 Å². The van der Waals surface area contributed by atoms with E-state index in [2.05, 4.69) is 31.1 Å². The third-order valence-electron chi connectivity index (χ3n) is 3.12. The first-order chi connectivity index (χ1) is 7.24. The summed E-state index contributed by atoms with van der Waals surface area (Å²) in [6.45, 7) is 8.62. The van der Waals surface area contributed by atoms with Crippen molar-refractivity contribution in [2.45, 2.75) is 45.2 Å². The number of hydrogen-bond acceptors (Lipinski definition) is 3. The Hall–Kier alpha value is -0.120. The van der Waals surface area contributed by atoms with E-state index in [1.165, 1.54) is 19.3 Å². The zero-order valence-corrected chi connectivity index (χ0v) is 10.5. The summed E-state index contributed by atoms with van der Waals surface area (Å²) in [7, 11) is 2.24. The van der Waals surface area contributed by atoms with E-state index in [1.807, 2.05) is 0 Å². The second-order valence-corrected chi connectivity index (χ2v) is 4.64. The van der Waals surface area contributed by atoms with Crippen LogP contribution in [0.3, 0.4) is 0 Å². The molecule has 0 bridgehead atoms. The molecular formula is C12H26N2O. The largest absolute Gasteiger partial charge is 0.381 e. The van der Waals surface area contributed by atoms with E-state index >= 15 is 0 Å². The van der Waals surface area contributed by atoms with Gasteiger partial charge in [0.1, 0.15) is 0 Å². The van der Waals surface area contributed by atoms with Gasteiger partial charge in [0, 0.05) is 31.8 Å². The molecule has 0 aromatic rings. The van der Waals surface area contributed by atoms with Crippen LogP contribution in [0.15, 0.2) is 0 Å². The van der Waals surface area contributed by atoms with Gasteiger partial charge in [0.25, 0.3) is 0 Å². The maximum Gasteiger partial charge on any atom is 0.0480 e. The van der Waals surface area contributed by atoms with Crippen LogP contribution in [0.1, 0.15) is 33.1 Å². The minimum Gasteiger partial charge on any atom is -0.381 e. The molecule has 0 aromatic heterocycles. The highest BCUT2D eigenvalue weighted by molar-refractivity contribution is 4.75. The van der Waals surface area contributed by atoms with Crippen molar-refractivity contribution in [2.24, 2.45) is 0 Å². The second kappa shape index (κ2) is 7.20. The summed E-state index contributed by atoms with van der Waals surface area (Å²) in [4.78, 5) is 2.48. The Morgan fingerprint density at radius 1 is 1.40 bits per heavy atom. The van der Waals surface area contributed by atoms with E-state index in [9.17, 15) is 0 Å². The average Bonchev–Trinajstić information content (AvgIpc) is 2.27. The van der Waals surface area contributed by atoms with Gasteiger partial charge in [-0.25, -0.2) is 0 Å². The first kappa shape index (κ1) is 12.9. The Morgan fingerprint density at radius 2 is 2.07 bits per heavy atom. The summed E-state index contributed by atoms with van der Waals surface area (Å²) in [5.41, 5.74) is 0. The molecule has 0 saturated carbocycles. The van der Waals surface area contributed by atoms with Crippen LogP contribution in [-0.2, 0) is 4.74 Å². The van der Waals surface area contributed by atoms with Crippen molar-refractivity contribution in [3.05, 3.63) is 0 Å². The molecule has 0 aliphatic carbocycles. The number of likely N-dealkylation sites (N-methyl/N-ethyl adjacent to an activating group) is 1. The lowest BCUT2D eigenvalue weighted by atomic mass is 10.1. The maximum atomic E-state index is 5.38. The van der Waals surface area contributed by atoms with Gasteiger partial charge in [0.15, 0.2) is 0 Å². The summed E-state index contributed by atoms with van der Waals surface area (Å²) in [5, 5.41) is 3.53. The first-order valence-electron chi connectivity index (χ1n) is 6.25. The summed E-state index contributed by atoms with van der Waals surface area (Å²) >= 11 is 0. The molecule has 1 aliphatic rings. The molecule has 1 heterocycles. The Morgan fingerprint density at radius 3 is 2.67 bits per heavy atom. The molecule has 3 nitrogen and oxygen atoms in total. The quantitative estimate of drug-likeness (QED) is 0.725. The highest BCUT2D eigenvalue weighted by atomic mass is 16.5. The number of hydrogen-bond donors (Lipinski definition) is 1. The molecule has 3 heteroatoms. The lowest BCUT2D eigenvalue weighted by molar-refractivity contribution is 0.0408. The number of ether oxygens (including phenoxy) is 1. The highest BCUT2D eigenvalue weighted by Gasteiger charge is 2.19. The van der Waals surface area contributed by atoms with Gasteiger partial charge in [-0.2, -0.15) is 0 Å². The fourth-order valence-electron chi connectivity index (χ4n) is 2.16. The fourth-order valence-corrected chi connectivity index (χ4v) is 2.16. The van der Waals surface area contributed by atoms with Crippen LogP contribution < -0.4 is 5.32 Å². The standard InChI is InChI=1S/C12H26N2O/c1-4-7-13-11(2)10-14(3)12-5-8-15-9-6-12/h11-13H,4-10H2,1-3H3. The summed E-state index contributed by atoms with van der Waals surface area (Å²) in [6.07, 6.45) is 3.60. The van der Waals surface area contributed by atoms with Crippen molar-refractivity contribution in [1.82, 2.24) is 10.2 Å². The van der Waals surface area contributed by atoms with Crippen molar-refractivity contribution in [1.29, 1.82) is 0 Å². The summed E-state index contributed by atoms with van der Waals surface area (Å²) in [5.74, 6) is 0. The monoisotopic (exact) mass is 214 g/mol. The number of rotatable bonds is 6. The maximum absolute atomic E-state index is 5.38. The van der Waals surface area contributed by atoms with Gasteiger partial charge in [-0.1, -0.05) is 6.92 Å². The zero-order chi connectivity index (χ0) is 11.1. The molecular weight excluding hydrogens is 188 g/mol. The second-order valence-electron chi connectivity index (χ2n) is 4.64. The number of nitrogens with one attached hydrogen (secondary N) is 1. The Labute approximate surface area is 94.2 Å². The van der Waals surface area contributed by atoms with E-state index in [1.54, 1.807) is 0 Å². The van der Waals surface area contributed by atoms with Crippen LogP contribution in [0, 0.1) is 0 Å². The van der Waals surface area contributed by atoms with Gasteiger partial charge in [-0.15, -0.1) is 0 Å². The minimum atomic E-state index is 0.595. The molecule has 15 heavy (non-hydrogen) atoms. The van der Waals surface area contributed by atoms with Crippen LogP contribution in [0.25, 0.3) is 0 Å². The Bertz CT molecular complexity index is 158. The molecule has 1 unspecified atom stereocenters. The van der Waals surface area contributed by atoms with Crippen LogP contribution in [0.5, 0.6) is 0 Å². The average molecular weight is 214 g/mol. The van der Waals surface area contributed by atoms with E-state index in [0.717, 1.165) is 32.3 Å². The van der Waals surface area contributed by atoms with Crippen LogP contribution >= 0.6 is 0 Å². The van der Waals surface area contributed by atoms with Crippen molar-refractivity contribution < 1.29 is 4.74 Å². The Balaban J connectivity index is 2.17. The highest BCUT2D eigenvalue weighted by Crippen LogP contribution is 2.12. The van der Waals surface area contributed by atoms with E-state index in [4.69, 9.17) is 4.74 Å². The molecule has 1 fully saturated rings. The van der Waals surface area contributed by atoms with Crippen LogP contribution in [-0.4, -0.2) is 50.3 Å². The van der Waals surface area contributed by atoms with Gasteiger partial charge in [-0.3, -0.25) is 0 Å². The molecule has 1 rings (SSSR count). The number of nitrogens with zero attached hydrogens (tertiary/aromatic N) is 1. The zero-order valence-electron chi connectivity index (χ0n) is 10.5. The third kappa shape index (κ3) is 4.96. The predicted molar refractivity (Wildman–Crippen MR) is 64.2 cm³/mol. The van der Waals surface area contributed by atoms with Gasteiger partial charge in [0.05, 0.1) is 0 Å². The molecule has 0 amide bonds. The first-order valence-corrected chi connectivity index (χ1v) is 6.25. The normalized spacial score (nSPS) is 20.8. The lowest BCUT2D eigenvalue weighted by Gasteiger charge is -2.33. The fraction of sp³-hybridized carbons (Fsp3) is 1.00. The molecule has 90 valence electrons. The summed E-state index contributed by atoms with van der Waals surface area (Å²) < 4.78 is 5.38. The lowest BCUT2D eigenvalue weighted by Crippen LogP contribution is -2.44. The van der Waals surface area contributed by atoms with Crippen LogP contribution in [0.2, 0.25) is 0 Å². The van der Waals surface area contributed by atoms with E-state index < -0.39 is 0 Å². The molecule has 0 radical (unpaired) electrons. The van der Waals surface area contributed by atoms with Gasteiger partial charge in [-0.05, 0) is 39.8 Å². The molecule has 1 aliphatic heterocycles. The Kier molecular flexibility index (Phi) is 6.22. The van der Waals surface area contributed by atoms with Gasteiger partial charge < -0.3 is 15.0 Å². The van der Waals surface area contributed by atoms with Gasteiger partial charge >= 0.3 is 0 Å². The molecule has 1 N–H and O–H groups in total. The molecule has 1 saturated heterocycles. The molecule has 1 atom stereocenters. The SMILES string of the molecule is CCCNC(C)CN(C)C1CCOCC1. The van der Waals surface area contributed by atoms with Crippen molar-refractivity contribution in [3.63, 3.8) is 0 Å². The predicted octanol–water partition coefficient (Wildman–Crippen LogP) is 1.49. The minimum absolute atomic E-state index is 0.595. The topological polar surface area (TPSA) is 24.5 Å². The third-order valence-corrected chi connectivity index (χ3v) is 3.12. The van der Waals surface area contributed by atoms with Gasteiger partial charge in [0.2, 0.25) is 0 Å². The van der Waals surface area contributed by atoms with Crippen molar-refractivity contribution >= 4 is 0 Å². The summed E-state index contributed by atoms with van der Waals surface area (Å²) in [6, 6.07) is 1.32. The van der Waals surface area contributed by atoms with Crippen molar-refractivity contribution in [2.75, 3.05) is 33.4 Å². The molecule has 0 aromatic carbocycles.